The van der Waals surface area contributed by atoms with E-state index in [1.807, 2.05) is 194 Å². The van der Waals surface area contributed by atoms with Gasteiger partial charge in [-0.2, -0.15) is 0 Å². The lowest BCUT2D eigenvalue weighted by atomic mass is 9.65. The molecule has 6 heterocycles. The van der Waals surface area contributed by atoms with Gasteiger partial charge in [0.25, 0.3) is 0 Å². The summed E-state index contributed by atoms with van der Waals surface area (Å²) >= 11 is 0. The molecular formula is C110H66N12O2. The molecule has 0 radical (unpaired) electrons. The van der Waals surface area contributed by atoms with Crippen LogP contribution in [0.2, 0.25) is 0 Å². The minimum absolute atomic E-state index is 0.446. The van der Waals surface area contributed by atoms with Crippen molar-refractivity contribution in [2.45, 2.75) is 10.8 Å². The molecule has 20 aromatic rings. The van der Waals surface area contributed by atoms with E-state index in [0.29, 0.717) is 92.7 Å². The summed E-state index contributed by atoms with van der Waals surface area (Å²) in [6.45, 7) is 0. The molecule has 2 atom stereocenters. The van der Waals surface area contributed by atoms with Gasteiger partial charge in [0, 0.05) is 77.9 Å². The van der Waals surface area contributed by atoms with Crippen LogP contribution in [0.3, 0.4) is 0 Å². The van der Waals surface area contributed by atoms with Gasteiger partial charge in [0.05, 0.1) is 22.0 Å². The van der Waals surface area contributed by atoms with E-state index in [0.717, 1.165) is 145 Å². The minimum atomic E-state index is -0.900. The summed E-state index contributed by atoms with van der Waals surface area (Å²) in [7, 11) is 0. The van der Waals surface area contributed by atoms with Crippen molar-refractivity contribution in [3.63, 3.8) is 0 Å². The maximum atomic E-state index is 7.37. The SMILES string of the molecule is c1ccc(-c2nc(-c3cccc(-c4cccc(-c5nc(-c6ccccc6)nc(-c6cccc7c6Oc6ccccc6C76c7ccccc7-c7c(-c8nc(-c9ccccc9)nc(-c9ccccc9)n8)cccc76)n5)c4)c3)nc(-c3ccc4c(c3)[C@@]3(c5ccccc5Oc5c(-c6nc(-c7ccccc7)nc(-c7ccccc7)n6)cccc53)c3ccccc3-4)n2)cc1. The van der Waals surface area contributed by atoms with Gasteiger partial charge in [0.15, 0.2) is 69.9 Å². The van der Waals surface area contributed by atoms with Crippen LogP contribution in [-0.4, -0.2) is 59.8 Å². The Hall–Kier alpha value is -16.8. The van der Waals surface area contributed by atoms with Crippen LogP contribution in [0.5, 0.6) is 23.0 Å². The lowest BCUT2D eigenvalue weighted by Crippen LogP contribution is -2.32. The van der Waals surface area contributed by atoms with E-state index in [4.69, 9.17) is 69.3 Å². The van der Waals surface area contributed by atoms with Crippen molar-refractivity contribution in [2.24, 2.45) is 0 Å². The molecule has 4 aromatic heterocycles. The molecule has 0 saturated heterocycles. The Bertz CT molecular complexity index is 7580. The van der Waals surface area contributed by atoms with Crippen molar-refractivity contribution in [3.05, 3.63) is 445 Å². The molecule has 124 heavy (non-hydrogen) atoms. The van der Waals surface area contributed by atoms with Crippen molar-refractivity contribution < 1.29 is 9.47 Å². The van der Waals surface area contributed by atoms with Gasteiger partial charge in [-0.25, -0.2) is 59.8 Å². The first-order chi connectivity index (χ1) is 61.4. The van der Waals surface area contributed by atoms with Crippen LogP contribution in [0, 0.1) is 0 Å². The number of hydrogen-bond acceptors (Lipinski definition) is 14. The van der Waals surface area contributed by atoms with Crippen molar-refractivity contribution in [2.75, 3.05) is 0 Å². The average Bonchev–Trinajstić information content (AvgIpc) is 1.46. The molecule has 0 saturated carbocycles. The summed E-state index contributed by atoms with van der Waals surface area (Å²) < 4.78 is 14.6. The first kappa shape index (κ1) is 71.3. The fraction of sp³-hybridized carbons (Fsp3) is 0.0182. The normalized spacial score (nSPS) is 14.5. The van der Waals surface area contributed by atoms with Crippen LogP contribution in [0.1, 0.15) is 44.5 Å². The zero-order chi connectivity index (χ0) is 81.8. The number of aromatic nitrogens is 12. The van der Waals surface area contributed by atoms with E-state index in [9.17, 15) is 0 Å². The zero-order valence-corrected chi connectivity index (χ0v) is 66.3. The van der Waals surface area contributed by atoms with Gasteiger partial charge >= 0.3 is 0 Å². The Kier molecular flexibility index (Phi) is 16.7. The van der Waals surface area contributed by atoms with Gasteiger partial charge in [0.2, 0.25) is 0 Å². The highest BCUT2D eigenvalue weighted by Crippen LogP contribution is 2.66. The molecule has 14 nitrogen and oxygen atoms in total. The monoisotopic (exact) mass is 1590 g/mol. The standard InChI is InChI=1S/C110H66N12O2/c1-7-32-67(33-8-1)97-113-103(116-105(114-97)77-62-63-79-78-48-19-21-53-84(78)110(91(79)66-77)87-56-24-26-61-93(87)124-96-83(52-31-59-90(96)110)107-119-100(70-38-13-4-14-39-70)112-101(120-107)71-40-15-5-16-41-71)75-46-27-44-73(64-75)74-45-28-47-76(65-74)104-115-102(72-42-17-6-18-43-72)121-108(122-104)82-51-30-58-89-95(82)123-92-60-25-23-55-86(92)109(89)85-54-22-20-49-80(85)94-81(50-29-57-88(94)109)106-117-98(68-34-9-2-10-35-68)111-99(118-106)69-36-11-3-12-37-69/h1-66H/t109?,110-/m1/s1. The van der Waals surface area contributed by atoms with E-state index in [1.54, 1.807) is 0 Å². The molecule has 16 aromatic carbocycles. The van der Waals surface area contributed by atoms with Gasteiger partial charge in [-0.3, -0.25) is 0 Å². The summed E-state index contributed by atoms with van der Waals surface area (Å²) in [6.07, 6.45) is 0. The molecule has 2 aliphatic heterocycles. The second kappa shape index (κ2) is 29.0. The molecule has 0 bridgehead atoms. The largest absolute Gasteiger partial charge is 0.456 e. The Labute approximate surface area is 713 Å². The smallest absolute Gasteiger partial charge is 0.167 e. The summed E-state index contributed by atoms with van der Waals surface area (Å²) in [5, 5.41) is 0. The van der Waals surface area contributed by atoms with Crippen molar-refractivity contribution in [1.82, 2.24) is 59.8 Å². The maximum absolute atomic E-state index is 7.37. The molecule has 578 valence electrons. The van der Waals surface area contributed by atoms with Gasteiger partial charge in [0.1, 0.15) is 23.0 Å². The molecule has 1 unspecified atom stereocenters. The first-order valence-corrected chi connectivity index (χ1v) is 41.3. The summed E-state index contributed by atoms with van der Waals surface area (Å²) in [6, 6.07) is 137. The topological polar surface area (TPSA) is 173 Å². The van der Waals surface area contributed by atoms with Gasteiger partial charge in [-0.15, -0.1) is 0 Å². The Morgan fingerprint density at radius 3 is 0.798 bits per heavy atom. The number of benzene rings is 16. The average molecular weight is 1590 g/mol. The number of ether oxygens (including phenoxy) is 2. The minimum Gasteiger partial charge on any atom is -0.456 e. The fourth-order valence-electron chi connectivity index (χ4n) is 18.8. The van der Waals surface area contributed by atoms with E-state index in [2.05, 4.69) is 206 Å². The molecule has 0 fully saturated rings. The van der Waals surface area contributed by atoms with Crippen LogP contribution in [0.15, 0.2) is 400 Å². The van der Waals surface area contributed by atoms with Crippen LogP contribution >= 0.6 is 0 Å². The van der Waals surface area contributed by atoms with Crippen molar-refractivity contribution >= 4 is 0 Å². The van der Waals surface area contributed by atoms with Crippen LogP contribution < -0.4 is 9.47 Å². The highest BCUT2D eigenvalue weighted by molar-refractivity contribution is 5.98. The Balaban J connectivity index is 0.622. The van der Waals surface area contributed by atoms with Gasteiger partial charge in [-0.05, 0) is 98.1 Å². The lowest BCUT2D eigenvalue weighted by Gasteiger charge is -2.40. The molecule has 14 heteroatoms. The Morgan fingerprint density at radius 2 is 0.395 bits per heavy atom. The lowest BCUT2D eigenvalue weighted by molar-refractivity contribution is 0.437. The predicted molar refractivity (Wildman–Crippen MR) is 485 cm³/mol. The number of nitrogens with zero attached hydrogens (tertiary/aromatic N) is 12. The van der Waals surface area contributed by atoms with Gasteiger partial charge in [-0.1, -0.05) is 358 Å². The van der Waals surface area contributed by atoms with E-state index >= 15 is 0 Å². The zero-order valence-electron chi connectivity index (χ0n) is 66.3. The molecule has 0 amide bonds. The summed E-state index contributed by atoms with van der Waals surface area (Å²) in [5.41, 5.74) is 22.5. The number of fused-ring (bicyclic) bond motifs is 18. The quantitative estimate of drug-likeness (QED) is 0.107. The molecule has 4 aliphatic rings. The predicted octanol–water partition coefficient (Wildman–Crippen LogP) is 25.0. The molecule has 24 rings (SSSR count). The van der Waals surface area contributed by atoms with E-state index in [1.165, 1.54) is 0 Å². The third kappa shape index (κ3) is 11.6. The number of hydrogen-bond donors (Lipinski definition) is 0. The maximum Gasteiger partial charge on any atom is 0.167 e. The number of rotatable bonds is 13. The second-order valence-corrected chi connectivity index (χ2v) is 31.2. The summed E-state index contributed by atoms with van der Waals surface area (Å²) in [4.78, 5) is 63.9. The Morgan fingerprint density at radius 1 is 0.145 bits per heavy atom. The third-order valence-electron chi connectivity index (χ3n) is 24.2. The molecule has 2 aliphatic carbocycles. The molecule has 0 N–H and O–H groups in total. The molecule has 2 spiro atoms. The van der Waals surface area contributed by atoms with Crippen molar-refractivity contribution in [1.29, 1.82) is 0 Å². The van der Waals surface area contributed by atoms with E-state index in [-0.39, 0.29) is 0 Å². The second-order valence-electron chi connectivity index (χ2n) is 31.2. The summed E-state index contributed by atoms with van der Waals surface area (Å²) in [5.74, 6) is 9.04. The van der Waals surface area contributed by atoms with Crippen LogP contribution in [0.4, 0.5) is 0 Å². The van der Waals surface area contributed by atoms with Gasteiger partial charge < -0.3 is 9.47 Å². The highest BCUT2D eigenvalue weighted by atomic mass is 16.5. The fourth-order valence-corrected chi connectivity index (χ4v) is 18.8. The van der Waals surface area contributed by atoms with Crippen molar-refractivity contribution in [3.8, 4) is 193 Å². The first-order valence-electron chi connectivity index (χ1n) is 41.3. The number of para-hydroxylation sites is 4. The highest BCUT2D eigenvalue weighted by Gasteiger charge is 2.54. The molecular weight excluding hydrogens is 1520 g/mol. The van der Waals surface area contributed by atoms with Crippen LogP contribution in [0.25, 0.3) is 170 Å². The third-order valence-corrected chi connectivity index (χ3v) is 24.2. The van der Waals surface area contributed by atoms with E-state index < -0.39 is 10.8 Å². The van der Waals surface area contributed by atoms with Crippen LogP contribution in [-0.2, 0) is 10.8 Å².